The Bertz CT molecular complexity index is 833. The molecular weight excluding hydrogens is 317 g/mol. The van der Waals surface area contributed by atoms with Crippen LogP contribution >= 0.6 is 0 Å². The van der Waals surface area contributed by atoms with E-state index in [9.17, 15) is 9.18 Å². The van der Waals surface area contributed by atoms with Crippen LogP contribution in [0.4, 0.5) is 21.6 Å². The first-order valence-corrected chi connectivity index (χ1v) is 8.03. The normalized spacial score (nSPS) is 10.3. The Morgan fingerprint density at radius 2 is 1.72 bits per heavy atom. The number of hydrogen-bond acceptors (Lipinski definition) is 3. The van der Waals surface area contributed by atoms with Gasteiger partial charge in [-0.2, -0.15) is 0 Å². The Kier molecular flexibility index (Phi) is 5.04. The summed E-state index contributed by atoms with van der Waals surface area (Å²) in [6.45, 7) is 2.87. The molecule has 1 N–H and O–H groups in total. The van der Waals surface area contributed by atoms with E-state index >= 15 is 0 Å². The van der Waals surface area contributed by atoms with E-state index in [1.165, 1.54) is 24.3 Å². The fraction of sp³-hybridized carbons (Fsp3) is 0.100. The van der Waals surface area contributed by atoms with Crippen molar-refractivity contribution >= 4 is 23.1 Å². The van der Waals surface area contributed by atoms with Gasteiger partial charge in [-0.1, -0.05) is 18.2 Å². The zero-order chi connectivity index (χ0) is 17.6. The summed E-state index contributed by atoms with van der Waals surface area (Å²) in [5, 5.41) is 2.71. The third-order valence-electron chi connectivity index (χ3n) is 3.79. The molecule has 0 atom stereocenters. The molecule has 0 spiro atoms. The molecule has 25 heavy (non-hydrogen) atoms. The standard InChI is InChI=1S/C20H18FN3O/c1-2-24(17-6-4-3-5-7-17)18-12-13-19(22-14-18)23-20(25)15-8-10-16(21)11-9-15/h3-14H,2H2,1H3,(H,22,23,25). The second-order valence-corrected chi connectivity index (χ2v) is 5.44. The van der Waals surface area contributed by atoms with Gasteiger partial charge >= 0.3 is 0 Å². The van der Waals surface area contributed by atoms with Gasteiger partial charge in [0.2, 0.25) is 0 Å². The SMILES string of the molecule is CCN(c1ccccc1)c1ccc(NC(=O)c2ccc(F)cc2)nc1. The van der Waals surface area contributed by atoms with E-state index in [1.807, 2.05) is 36.4 Å². The van der Waals surface area contributed by atoms with Crippen LogP contribution in [-0.4, -0.2) is 17.4 Å². The van der Waals surface area contributed by atoms with Gasteiger partial charge in [-0.25, -0.2) is 9.37 Å². The summed E-state index contributed by atoms with van der Waals surface area (Å²) in [7, 11) is 0. The fourth-order valence-corrected chi connectivity index (χ4v) is 2.53. The zero-order valence-electron chi connectivity index (χ0n) is 13.8. The summed E-state index contributed by atoms with van der Waals surface area (Å²) in [6, 6.07) is 19.1. The highest BCUT2D eigenvalue weighted by atomic mass is 19.1. The van der Waals surface area contributed by atoms with Crippen LogP contribution in [0.5, 0.6) is 0 Å². The first-order valence-electron chi connectivity index (χ1n) is 8.03. The first kappa shape index (κ1) is 16.6. The number of nitrogens with one attached hydrogen (secondary N) is 1. The topological polar surface area (TPSA) is 45.2 Å². The molecular formula is C20H18FN3O. The number of pyridine rings is 1. The summed E-state index contributed by atoms with van der Waals surface area (Å²) in [4.78, 5) is 18.6. The maximum atomic E-state index is 12.9. The molecule has 5 heteroatoms. The van der Waals surface area contributed by atoms with Gasteiger partial charge in [-0.3, -0.25) is 4.79 Å². The molecule has 1 aromatic heterocycles. The predicted octanol–water partition coefficient (Wildman–Crippen LogP) is 4.63. The molecule has 0 aliphatic carbocycles. The smallest absolute Gasteiger partial charge is 0.256 e. The van der Waals surface area contributed by atoms with E-state index in [2.05, 4.69) is 22.1 Å². The number of nitrogens with zero attached hydrogens (tertiary/aromatic N) is 2. The molecule has 0 saturated carbocycles. The molecule has 3 rings (SSSR count). The van der Waals surface area contributed by atoms with Crippen LogP contribution in [0, 0.1) is 5.82 Å². The highest BCUT2D eigenvalue weighted by molar-refractivity contribution is 6.03. The molecule has 0 radical (unpaired) electrons. The maximum Gasteiger partial charge on any atom is 0.256 e. The highest BCUT2D eigenvalue weighted by Gasteiger charge is 2.09. The Morgan fingerprint density at radius 1 is 1.00 bits per heavy atom. The Balaban J connectivity index is 1.73. The van der Waals surface area contributed by atoms with Gasteiger partial charge in [0, 0.05) is 17.8 Å². The average Bonchev–Trinajstić information content (AvgIpc) is 2.65. The van der Waals surface area contributed by atoms with E-state index in [0.29, 0.717) is 11.4 Å². The predicted molar refractivity (Wildman–Crippen MR) is 97.7 cm³/mol. The van der Waals surface area contributed by atoms with Crippen molar-refractivity contribution in [2.45, 2.75) is 6.92 Å². The van der Waals surface area contributed by atoms with Gasteiger partial charge in [-0.15, -0.1) is 0 Å². The molecule has 0 aliphatic rings. The number of para-hydroxylation sites is 1. The molecule has 1 heterocycles. The maximum absolute atomic E-state index is 12.9. The van der Waals surface area contributed by atoms with Crippen molar-refractivity contribution in [3.63, 3.8) is 0 Å². The number of halogens is 1. The van der Waals surface area contributed by atoms with Crippen LogP contribution in [0.3, 0.4) is 0 Å². The number of rotatable bonds is 5. The number of carbonyl (C=O) groups excluding carboxylic acids is 1. The van der Waals surface area contributed by atoms with Crippen LogP contribution in [0.15, 0.2) is 72.9 Å². The van der Waals surface area contributed by atoms with Crippen LogP contribution < -0.4 is 10.2 Å². The molecule has 0 aliphatic heterocycles. The van der Waals surface area contributed by atoms with Crippen molar-refractivity contribution in [2.75, 3.05) is 16.8 Å². The molecule has 0 saturated heterocycles. The quantitative estimate of drug-likeness (QED) is 0.739. The van der Waals surface area contributed by atoms with E-state index < -0.39 is 0 Å². The largest absolute Gasteiger partial charge is 0.341 e. The van der Waals surface area contributed by atoms with Crippen molar-refractivity contribution in [3.8, 4) is 0 Å². The van der Waals surface area contributed by atoms with E-state index in [-0.39, 0.29) is 11.7 Å². The van der Waals surface area contributed by atoms with Gasteiger partial charge in [-0.05, 0) is 55.5 Å². The fourth-order valence-electron chi connectivity index (χ4n) is 2.53. The van der Waals surface area contributed by atoms with Crippen LogP contribution in [-0.2, 0) is 0 Å². The lowest BCUT2D eigenvalue weighted by Gasteiger charge is -2.23. The molecule has 0 fully saturated rings. The van der Waals surface area contributed by atoms with Crippen LogP contribution in [0.1, 0.15) is 17.3 Å². The van der Waals surface area contributed by atoms with Crippen LogP contribution in [0.25, 0.3) is 0 Å². The Labute approximate surface area is 145 Å². The Morgan fingerprint density at radius 3 is 2.32 bits per heavy atom. The average molecular weight is 335 g/mol. The second kappa shape index (κ2) is 7.57. The van der Waals surface area contributed by atoms with Gasteiger partial charge < -0.3 is 10.2 Å². The molecule has 3 aromatic rings. The van der Waals surface area contributed by atoms with Gasteiger partial charge in [0.1, 0.15) is 11.6 Å². The summed E-state index contributed by atoms with van der Waals surface area (Å²) in [5.74, 6) is -0.252. The number of anilines is 3. The number of benzene rings is 2. The molecule has 2 aromatic carbocycles. The van der Waals surface area contributed by atoms with Crippen molar-refractivity contribution in [1.29, 1.82) is 0 Å². The monoisotopic (exact) mass is 335 g/mol. The zero-order valence-corrected chi connectivity index (χ0v) is 13.8. The lowest BCUT2D eigenvalue weighted by Crippen LogP contribution is -2.17. The number of amides is 1. The van der Waals surface area contributed by atoms with Gasteiger partial charge in [0.05, 0.1) is 11.9 Å². The molecule has 0 unspecified atom stereocenters. The summed E-state index contributed by atoms with van der Waals surface area (Å²) in [6.07, 6.45) is 1.72. The Hall–Kier alpha value is -3.21. The summed E-state index contributed by atoms with van der Waals surface area (Å²) in [5.41, 5.74) is 2.40. The van der Waals surface area contributed by atoms with Crippen molar-refractivity contribution < 1.29 is 9.18 Å². The lowest BCUT2D eigenvalue weighted by molar-refractivity contribution is 0.102. The molecule has 0 bridgehead atoms. The van der Waals surface area contributed by atoms with Crippen molar-refractivity contribution in [1.82, 2.24) is 4.98 Å². The van der Waals surface area contributed by atoms with Crippen molar-refractivity contribution in [2.24, 2.45) is 0 Å². The van der Waals surface area contributed by atoms with E-state index in [1.54, 1.807) is 12.3 Å². The number of carbonyl (C=O) groups is 1. The molecule has 1 amide bonds. The van der Waals surface area contributed by atoms with Gasteiger partial charge in [0.15, 0.2) is 0 Å². The number of hydrogen-bond donors (Lipinski definition) is 1. The minimum Gasteiger partial charge on any atom is -0.341 e. The summed E-state index contributed by atoms with van der Waals surface area (Å²) < 4.78 is 12.9. The van der Waals surface area contributed by atoms with E-state index in [4.69, 9.17) is 0 Å². The lowest BCUT2D eigenvalue weighted by atomic mass is 10.2. The summed E-state index contributed by atoms with van der Waals surface area (Å²) >= 11 is 0. The van der Waals surface area contributed by atoms with Crippen LogP contribution in [0.2, 0.25) is 0 Å². The minimum atomic E-state index is -0.375. The molecule has 126 valence electrons. The minimum absolute atomic E-state index is 0.323. The van der Waals surface area contributed by atoms with Crippen molar-refractivity contribution in [3.05, 3.63) is 84.3 Å². The first-order chi connectivity index (χ1) is 12.2. The third-order valence-corrected chi connectivity index (χ3v) is 3.79. The number of aromatic nitrogens is 1. The van der Waals surface area contributed by atoms with Gasteiger partial charge in [0.25, 0.3) is 5.91 Å². The van der Waals surface area contributed by atoms with E-state index in [0.717, 1.165) is 17.9 Å². The highest BCUT2D eigenvalue weighted by Crippen LogP contribution is 2.24. The second-order valence-electron chi connectivity index (χ2n) is 5.44. The third kappa shape index (κ3) is 4.01. The molecule has 4 nitrogen and oxygen atoms in total.